The molecule has 0 aliphatic heterocycles. The normalized spacial score (nSPS) is 14.3. The second kappa shape index (κ2) is 5.51. The van der Waals surface area contributed by atoms with Crippen LogP contribution in [-0.4, -0.2) is 16.2 Å². The van der Waals surface area contributed by atoms with Crippen LogP contribution in [0.1, 0.15) is 25.3 Å². The van der Waals surface area contributed by atoms with Crippen molar-refractivity contribution in [2.75, 3.05) is 0 Å². The van der Waals surface area contributed by atoms with Gasteiger partial charge in [0.05, 0.1) is 6.10 Å². The first-order valence-electron chi connectivity index (χ1n) is 6.89. The van der Waals surface area contributed by atoms with Gasteiger partial charge in [0, 0.05) is 16.5 Å². The van der Waals surface area contributed by atoms with Gasteiger partial charge in [-0.15, -0.1) is 0 Å². The van der Waals surface area contributed by atoms with Crippen LogP contribution >= 0.6 is 11.6 Å². The van der Waals surface area contributed by atoms with Gasteiger partial charge in [-0.2, -0.15) is 0 Å². The lowest BCUT2D eigenvalue weighted by molar-refractivity contribution is 0.169. The number of oxazole rings is 1. The fourth-order valence-corrected chi connectivity index (χ4v) is 2.35. The first-order chi connectivity index (χ1) is 10.0. The number of hydrogen-bond acceptors (Lipinski definition) is 3. The van der Waals surface area contributed by atoms with Crippen LogP contribution in [-0.2, 0) is 0 Å². The number of fused-ring (bicyclic) bond motifs is 1. The molecule has 0 amide bonds. The molecule has 21 heavy (non-hydrogen) atoms. The number of rotatable bonds is 3. The summed E-state index contributed by atoms with van der Waals surface area (Å²) in [5, 5.41) is 10.4. The summed E-state index contributed by atoms with van der Waals surface area (Å²) < 4.78 is 5.77. The quantitative estimate of drug-likeness (QED) is 0.767. The first-order valence-corrected chi connectivity index (χ1v) is 7.27. The number of nitrogens with zero attached hydrogens (tertiary/aromatic N) is 1. The molecular weight excluding hydrogens is 286 g/mol. The third kappa shape index (κ3) is 2.80. The molecule has 2 unspecified atom stereocenters. The highest BCUT2D eigenvalue weighted by molar-refractivity contribution is 6.30. The smallest absolute Gasteiger partial charge is 0.227 e. The van der Waals surface area contributed by atoms with Crippen LogP contribution in [0.25, 0.3) is 22.6 Å². The molecule has 0 aliphatic carbocycles. The van der Waals surface area contributed by atoms with E-state index in [0.717, 1.165) is 22.2 Å². The van der Waals surface area contributed by atoms with Crippen molar-refractivity contribution < 1.29 is 9.52 Å². The lowest BCUT2D eigenvalue weighted by Crippen LogP contribution is -2.10. The zero-order chi connectivity index (χ0) is 15.0. The molecule has 0 spiro atoms. The molecule has 0 saturated heterocycles. The molecule has 2 aromatic carbocycles. The summed E-state index contributed by atoms with van der Waals surface area (Å²) in [6.07, 6.45) is -0.398. The van der Waals surface area contributed by atoms with Crippen molar-refractivity contribution in [3.63, 3.8) is 0 Å². The zero-order valence-corrected chi connectivity index (χ0v) is 12.6. The Bertz CT molecular complexity index is 762. The van der Waals surface area contributed by atoms with E-state index in [1.54, 1.807) is 6.92 Å². The van der Waals surface area contributed by atoms with Gasteiger partial charge in [0.2, 0.25) is 5.89 Å². The highest BCUT2D eigenvalue weighted by Crippen LogP contribution is 2.28. The maximum Gasteiger partial charge on any atom is 0.227 e. The monoisotopic (exact) mass is 301 g/mol. The Morgan fingerprint density at radius 3 is 2.48 bits per heavy atom. The highest BCUT2D eigenvalue weighted by Gasteiger charge is 2.14. The van der Waals surface area contributed by atoms with Crippen LogP contribution < -0.4 is 0 Å². The Hall–Kier alpha value is -1.84. The van der Waals surface area contributed by atoms with E-state index in [1.165, 1.54) is 0 Å². The topological polar surface area (TPSA) is 46.3 Å². The van der Waals surface area contributed by atoms with E-state index < -0.39 is 6.10 Å². The minimum Gasteiger partial charge on any atom is -0.436 e. The molecule has 0 bridgehead atoms. The fraction of sp³-hybridized carbons (Fsp3) is 0.235. The summed E-state index contributed by atoms with van der Waals surface area (Å²) in [7, 11) is 0. The number of aliphatic hydroxyl groups is 1. The Labute approximate surface area is 128 Å². The van der Waals surface area contributed by atoms with Crippen LogP contribution in [0.3, 0.4) is 0 Å². The van der Waals surface area contributed by atoms with Crippen LogP contribution in [0.2, 0.25) is 5.02 Å². The van der Waals surface area contributed by atoms with Gasteiger partial charge in [0.15, 0.2) is 5.58 Å². The van der Waals surface area contributed by atoms with Gasteiger partial charge in [-0.3, -0.25) is 0 Å². The Balaban J connectivity index is 2.02. The summed E-state index contributed by atoms with van der Waals surface area (Å²) in [4.78, 5) is 4.52. The molecule has 3 rings (SSSR count). The molecule has 0 aliphatic rings. The molecule has 1 N–H and O–H groups in total. The van der Waals surface area contributed by atoms with Crippen LogP contribution in [0.4, 0.5) is 0 Å². The first kappa shape index (κ1) is 14.1. The maximum absolute atomic E-state index is 9.70. The molecule has 0 saturated carbocycles. The molecule has 1 aromatic heterocycles. The minimum atomic E-state index is -0.398. The van der Waals surface area contributed by atoms with Crippen molar-refractivity contribution >= 4 is 22.7 Å². The number of benzene rings is 2. The van der Waals surface area contributed by atoms with Crippen molar-refractivity contribution in [1.82, 2.24) is 4.98 Å². The third-order valence-electron chi connectivity index (χ3n) is 3.75. The third-order valence-corrected chi connectivity index (χ3v) is 4.00. The van der Waals surface area contributed by atoms with E-state index >= 15 is 0 Å². The molecule has 3 aromatic rings. The lowest BCUT2D eigenvalue weighted by atomic mass is 9.96. The van der Waals surface area contributed by atoms with Gasteiger partial charge >= 0.3 is 0 Å². The molecule has 0 fully saturated rings. The summed E-state index contributed by atoms with van der Waals surface area (Å²) in [6, 6.07) is 13.2. The van der Waals surface area contributed by atoms with Crippen molar-refractivity contribution in [2.45, 2.75) is 25.9 Å². The van der Waals surface area contributed by atoms with E-state index in [2.05, 4.69) is 4.98 Å². The van der Waals surface area contributed by atoms with E-state index in [4.69, 9.17) is 16.0 Å². The largest absolute Gasteiger partial charge is 0.436 e. The van der Waals surface area contributed by atoms with Gasteiger partial charge in [-0.1, -0.05) is 24.6 Å². The molecule has 1 heterocycles. The lowest BCUT2D eigenvalue weighted by Gasteiger charge is -2.14. The van der Waals surface area contributed by atoms with Crippen LogP contribution in [0, 0.1) is 0 Å². The number of aromatic nitrogens is 1. The highest BCUT2D eigenvalue weighted by atomic mass is 35.5. The van der Waals surface area contributed by atoms with Gasteiger partial charge in [0.1, 0.15) is 5.52 Å². The molecule has 4 heteroatoms. The van der Waals surface area contributed by atoms with E-state index in [9.17, 15) is 5.11 Å². The summed E-state index contributed by atoms with van der Waals surface area (Å²) >= 11 is 5.89. The van der Waals surface area contributed by atoms with Gasteiger partial charge < -0.3 is 9.52 Å². The van der Waals surface area contributed by atoms with E-state index in [-0.39, 0.29) is 5.92 Å². The van der Waals surface area contributed by atoms with Crippen molar-refractivity contribution in [2.24, 2.45) is 0 Å². The standard InChI is InChI=1S/C17H16ClNO2/c1-10(11(2)20)13-5-8-16-15(9-13)19-17(21-16)12-3-6-14(18)7-4-12/h3-11,20H,1-2H3. The van der Waals surface area contributed by atoms with Crippen molar-refractivity contribution in [3.05, 3.63) is 53.1 Å². The second-order valence-corrected chi connectivity index (χ2v) is 5.72. The zero-order valence-electron chi connectivity index (χ0n) is 11.9. The Kier molecular flexibility index (Phi) is 3.70. The molecular formula is C17H16ClNO2. The average molecular weight is 302 g/mol. The predicted molar refractivity (Wildman–Crippen MR) is 84.6 cm³/mol. The van der Waals surface area contributed by atoms with E-state index in [1.807, 2.05) is 49.4 Å². The molecule has 2 atom stereocenters. The van der Waals surface area contributed by atoms with Gasteiger partial charge in [-0.25, -0.2) is 4.98 Å². The predicted octanol–water partition coefficient (Wildman–Crippen LogP) is 4.63. The summed E-state index contributed by atoms with van der Waals surface area (Å²) in [5.41, 5.74) is 3.47. The summed E-state index contributed by atoms with van der Waals surface area (Å²) in [6.45, 7) is 3.78. The van der Waals surface area contributed by atoms with Crippen molar-refractivity contribution in [1.29, 1.82) is 0 Å². The number of aliphatic hydroxyl groups excluding tert-OH is 1. The van der Waals surface area contributed by atoms with Gasteiger partial charge in [-0.05, 0) is 48.9 Å². The van der Waals surface area contributed by atoms with Crippen LogP contribution in [0.15, 0.2) is 46.9 Å². The fourth-order valence-electron chi connectivity index (χ4n) is 2.22. The molecule has 108 valence electrons. The summed E-state index contributed by atoms with van der Waals surface area (Å²) in [5.74, 6) is 0.633. The van der Waals surface area contributed by atoms with E-state index in [0.29, 0.717) is 10.9 Å². The minimum absolute atomic E-state index is 0.0603. The second-order valence-electron chi connectivity index (χ2n) is 5.28. The molecule has 0 radical (unpaired) electrons. The average Bonchev–Trinajstić information content (AvgIpc) is 2.89. The number of halogens is 1. The SMILES string of the molecule is CC(O)C(C)c1ccc2oc(-c3ccc(Cl)cc3)nc2c1. The number of hydrogen-bond donors (Lipinski definition) is 1. The Morgan fingerprint density at radius 1 is 1.10 bits per heavy atom. The van der Waals surface area contributed by atoms with Crippen LogP contribution in [0.5, 0.6) is 0 Å². The Morgan fingerprint density at radius 2 is 1.81 bits per heavy atom. The molecule has 3 nitrogen and oxygen atoms in total. The van der Waals surface area contributed by atoms with Crippen molar-refractivity contribution in [3.8, 4) is 11.5 Å². The maximum atomic E-state index is 9.70. The van der Waals surface area contributed by atoms with Gasteiger partial charge in [0.25, 0.3) is 0 Å².